The predicted octanol–water partition coefficient (Wildman–Crippen LogP) is 1.29. The summed E-state index contributed by atoms with van der Waals surface area (Å²) in [7, 11) is 0. The SMILES string of the molecule is O=C(c1ccc[nH]c1=O)N1CC[C@@]23O[C@@H](c4ccccc4)CN2C(=O)C[C@@H]13. The number of carbonyl (C=O) groups excluding carboxylic acids is 2. The topological polar surface area (TPSA) is 82.7 Å². The number of amides is 2. The van der Waals surface area contributed by atoms with Crippen LogP contribution in [0.2, 0.25) is 0 Å². The van der Waals surface area contributed by atoms with Crippen molar-refractivity contribution in [1.29, 1.82) is 0 Å². The van der Waals surface area contributed by atoms with Crippen LogP contribution in [0.5, 0.6) is 0 Å². The minimum absolute atomic E-state index is 0.00194. The minimum atomic E-state index is -0.783. The lowest BCUT2D eigenvalue weighted by Crippen LogP contribution is -2.49. The number of aromatic amines is 1. The van der Waals surface area contributed by atoms with Gasteiger partial charge in [-0.05, 0) is 17.7 Å². The highest BCUT2D eigenvalue weighted by Crippen LogP contribution is 2.50. The molecule has 5 rings (SSSR count). The summed E-state index contributed by atoms with van der Waals surface area (Å²) < 4.78 is 6.43. The Morgan fingerprint density at radius 3 is 2.74 bits per heavy atom. The van der Waals surface area contributed by atoms with Crippen LogP contribution in [0.25, 0.3) is 0 Å². The number of likely N-dealkylation sites (tertiary alicyclic amines) is 1. The maximum absolute atomic E-state index is 13.0. The zero-order valence-corrected chi connectivity index (χ0v) is 14.6. The maximum Gasteiger partial charge on any atom is 0.260 e. The lowest BCUT2D eigenvalue weighted by Gasteiger charge is -2.31. The van der Waals surface area contributed by atoms with E-state index in [9.17, 15) is 14.4 Å². The first-order chi connectivity index (χ1) is 13.1. The quantitative estimate of drug-likeness (QED) is 0.869. The first-order valence-corrected chi connectivity index (χ1v) is 9.12. The number of hydrogen-bond acceptors (Lipinski definition) is 4. The third kappa shape index (κ3) is 2.28. The van der Waals surface area contributed by atoms with Crippen molar-refractivity contribution in [1.82, 2.24) is 14.8 Å². The van der Waals surface area contributed by atoms with E-state index in [0.29, 0.717) is 19.5 Å². The molecule has 3 atom stereocenters. The molecule has 138 valence electrons. The molecule has 4 heterocycles. The van der Waals surface area contributed by atoms with Crippen LogP contribution in [0.4, 0.5) is 0 Å². The summed E-state index contributed by atoms with van der Waals surface area (Å²) in [6.45, 7) is 0.955. The van der Waals surface area contributed by atoms with Crippen molar-refractivity contribution < 1.29 is 14.3 Å². The summed E-state index contributed by atoms with van der Waals surface area (Å²) in [5.41, 5.74) is -0.0799. The van der Waals surface area contributed by atoms with E-state index in [1.807, 2.05) is 30.3 Å². The molecule has 7 heteroatoms. The van der Waals surface area contributed by atoms with Crippen LogP contribution in [0, 0.1) is 0 Å². The van der Waals surface area contributed by atoms with Gasteiger partial charge in [-0.3, -0.25) is 14.4 Å². The van der Waals surface area contributed by atoms with Crippen molar-refractivity contribution >= 4 is 11.8 Å². The monoisotopic (exact) mass is 365 g/mol. The molecular formula is C20H19N3O4. The molecule has 0 aliphatic carbocycles. The molecule has 1 aromatic heterocycles. The van der Waals surface area contributed by atoms with E-state index in [-0.39, 0.29) is 35.9 Å². The zero-order chi connectivity index (χ0) is 18.6. The molecule has 2 amide bonds. The number of ether oxygens (including phenoxy) is 1. The van der Waals surface area contributed by atoms with Gasteiger partial charge in [-0.15, -0.1) is 0 Å². The Bertz CT molecular complexity index is 972. The molecule has 0 radical (unpaired) electrons. The molecule has 3 saturated heterocycles. The Kier molecular flexibility index (Phi) is 3.48. The Balaban J connectivity index is 1.47. The number of rotatable bonds is 2. The molecule has 2 aromatic rings. The van der Waals surface area contributed by atoms with Gasteiger partial charge in [-0.1, -0.05) is 30.3 Å². The number of nitrogens with zero attached hydrogens (tertiary/aromatic N) is 2. The smallest absolute Gasteiger partial charge is 0.260 e. The molecule has 3 aliphatic heterocycles. The second-order valence-corrected chi connectivity index (χ2v) is 7.25. The van der Waals surface area contributed by atoms with Crippen LogP contribution >= 0.6 is 0 Å². The van der Waals surface area contributed by atoms with Gasteiger partial charge in [-0.2, -0.15) is 0 Å². The van der Waals surface area contributed by atoms with E-state index < -0.39 is 11.3 Å². The van der Waals surface area contributed by atoms with Gasteiger partial charge in [0.05, 0.1) is 19.0 Å². The third-order valence-corrected chi connectivity index (χ3v) is 5.91. The van der Waals surface area contributed by atoms with Crippen molar-refractivity contribution in [3.8, 4) is 0 Å². The number of H-pyrrole nitrogens is 1. The Morgan fingerprint density at radius 1 is 1.15 bits per heavy atom. The standard InChI is InChI=1S/C20H19N3O4/c24-17-11-16-20(23(17)12-15(27-20)13-5-2-1-3-6-13)8-10-22(16)19(26)14-7-4-9-21-18(14)25/h1-7,9,15-16H,8,10-12H2,(H,21,25)/t15-,16-,20+/m1/s1. The van der Waals surface area contributed by atoms with Gasteiger partial charge in [0.1, 0.15) is 11.7 Å². The number of pyridine rings is 1. The molecule has 1 N–H and O–H groups in total. The van der Waals surface area contributed by atoms with E-state index in [0.717, 1.165) is 5.56 Å². The van der Waals surface area contributed by atoms with Crippen LogP contribution in [0.3, 0.4) is 0 Å². The van der Waals surface area contributed by atoms with Gasteiger partial charge in [-0.25, -0.2) is 0 Å². The van der Waals surface area contributed by atoms with Crippen molar-refractivity contribution in [3.63, 3.8) is 0 Å². The maximum atomic E-state index is 13.0. The molecule has 0 unspecified atom stereocenters. The first kappa shape index (κ1) is 16.3. The van der Waals surface area contributed by atoms with Crippen LogP contribution in [0.15, 0.2) is 53.5 Å². The fourth-order valence-electron chi connectivity index (χ4n) is 4.65. The lowest BCUT2D eigenvalue weighted by molar-refractivity contribution is -0.138. The largest absolute Gasteiger partial charge is 0.343 e. The van der Waals surface area contributed by atoms with E-state index in [4.69, 9.17) is 4.74 Å². The molecule has 0 saturated carbocycles. The molecule has 1 aromatic carbocycles. The van der Waals surface area contributed by atoms with Crippen LogP contribution in [0.1, 0.15) is 34.9 Å². The number of carbonyl (C=O) groups is 2. The second kappa shape index (κ2) is 5.79. The molecule has 27 heavy (non-hydrogen) atoms. The molecular weight excluding hydrogens is 346 g/mol. The van der Waals surface area contributed by atoms with Crippen molar-refractivity contribution in [2.24, 2.45) is 0 Å². The van der Waals surface area contributed by atoms with Crippen molar-refractivity contribution in [2.75, 3.05) is 13.1 Å². The van der Waals surface area contributed by atoms with Crippen LogP contribution < -0.4 is 5.56 Å². The van der Waals surface area contributed by atoms with Gasteiger partial charge >= 0.3 is 0 Å². The number of nitrogens with one attached hydrogen (secondary N) is 1. The van der Waals surface area contributed by atoms with E-state index in [2.05, 4.69) is 4.98 Å². The van der Waals surface area contributed by atoms with E-state index >= 15 is 0 Å². The minimum Gasteiger partial charge on any atom is -0.343 e. The summed E-state index contributed by atoms with van der Waals surface area (Å²) in [6, 6.07) is 12.6. The third-order valence-electron chi connectivity index (χ3n) is 5.91. The van der Waals surface area contributed by atoms with Crippen LogP contribution in [-0.2, 0) is 9.53 Å². The molecule has 7 nitrogen and oxygen atoms in total. The zero-order valence-electron chi connectivity index (χ0n) is 14.6. The molecule has 3 aliphatic rings. The molecule has 1 spiro atoms. The fraction of sp³-hybridized carbons (Fsp3) is 0.350. The Hall–Kier alpha value is -2.93. The van der Waals surface area contributed by atoms with Gasteiger partial charge in [0, 0.05) is 19.2 Å². The number of aromatic nitrogens is 1. The highest BCUT2D eigenvalue weighted by atomic mass is 16.5. The first-order valence-electron chi connectivity index (χ1n) is 9.12. The summed E-state index contributed by atoms with van der Waals surface area (Å²) in [6.07, 6.45) is 2.09. The Morgan fingerprint density at radius 2 is 1.96 bits per heavy atom. The summed E-state index contributed by atoms with van der Waals surface area (Å²) in [5, 5.41) is 0. The predicted molar refractivity (Wildman–Crippen MR) is 95.8 cm³/mol. The van der Waals surface area contributed by atoms with E-state index in [1.54, 1.807) is 15.9 Å². The summed E-state index contributed by atoms with van der Waals surface area (Å²) in [5.74, 6) is -0.349. The number of hydrogen-bond donors (Lipinski definition) is 1. The van der Waals surface area contributed by atoms with Gasteiger partial charge in [0.15, 0.2) is 5.72 Å². The Labute approximate surface area is 155 Å². The summed E-state index contributed by atoms with van der Waals surface area (Å²) in [4.78, 5) is 43.6. The van der Waals surface area contributed by atoms with Crippen molar-refractivity contribution in [3.05, 3.63) is 70.1 Å². The van der Waals surface area contributed by atoms with Crippen molar-refractivity contribution in [2.45, 2.75) is 30.7 Å². The van der Waals surface area contributed by atoms with Gasteiger partial charge in [0.25, 0.3) is 11.5 Å². The van der Waals surface area contributed by atoms with Gasteiger partial charge < -0.3 is 19.5 Å². The second-order valence-electron chi connectivity index (χ2n) is 7.25. The fourth-order valence-corrected chi connectivity index (χ4v) is 4.65. The highest BCUT2D eigenvalue weighted by Gasteiger charge is 2.65. The van der Waals surface area contributed by atoms with E-state index in [1.165, 1.54) is 12.3 Å². The lowest BCUT2D eigenvalue weighted by atomic mass is 10.1. The van der Waals surface area contributed by atoms with Gasteiger partial charge in [0.2, 0.25) is 5.91 Å². The molecule has 3 fully saturated rings. The molecule has 0 bridgehead atoms. The highest BCUT2D eigenvalue weighted by molar-refractivity contribution is 5.95. The normalized spacial score (nSPS) is 29.1. The summed E-state index contributed by atoms with van der Waals surface area (Å²) >= 11 is 0. The number of benzene rings is 1. The average molecular weight is 365 g/mol. The van der Waals surface area contributed by atoms with Crippen LogP contribution in [-0.4, -0.2) is 51.5 Å². The average Bonchev–Trinajstić information content (AvgIpc) is 3.31.